The van der Waals surface area contributed by atoms with Gasteiger partial charge in [0.1, 0.15) is 5.82 Å². The van der Waals surface area contributed by atoms with Crippen LogP contribution in [0.1, 0.15) is 50.0 Å². The zero-order chi connectivity index (χ0) is 18.4. The van der Waals surface area contributed by atoms with Gasteiger partial charge in [0.15, 0.2) is 0 Å². The van der Waals surface area contributed by atoms with Gasteiger partial charge in [0, 0.05) is 57.1 Å². The molecule has 1 aliphatic carbocycles. The fourth-order valence-corrected chi connectivity index (χ4v) is 3.99. The molecule has 2 aliphatic heterocycles. The van der Waals surface area contributed by atoms with Gasteiger partial charge in [0.2, 0.25) is 5.89 Å². The maximum Gasteiger partial charge on any atom is 0.251 e. The van der Waals surface area contributed by atoms with E-state index in [0.717, 1.165) is 74.9 Å². The molecule has 0 unspecified atom stereocenters. The molecule has 3 aliphatic rings. The lowest BCUT2D eigenvalue weighted by molar-refractivity contribution is 0.0904. The Labute approximate surface area is 158 Å². The summed E-state index contributed by atoms with van der Waals surface area (Å²) in [6.45, 7) is 5.45. The van der Waals surface area contributed by atoms with Crippen molar-refractivity contribution in [3.05, 3.63) is 17.7 Å². The first-order valence-corrected chi connectivity index (χ1v) is 9.93. The van der Waals surface area contributed by atoms with E-state index in [9.17, 15) is 0 Å². The molecule has 2 fully saturated rings. The number of hydrogen-bond acceptors (Lipinski definition) is 8. The number of rotatable bonds is 5. The molecule has 5 rings (SSSR count). The van der Waals surface area contributed by atoms with Crippen molar-refractivity contribution in [2.75, 3.05) is 37.1 Å². The average Bonchev–Trinajstić information content (AvgIpc) is 3.32. The highest BCUT2D eigenvalue weighted by Crippen LogP contribution is 2.43. The van der Waals surface area contributed by atoms with Crippen LogP contribution in [0.4, 0.5) is 11.5 Å². The summed E-state index contributed by atoms with van der Waals surface area (Å²) < 4.78 is 11.5. The molecule has 144 valence electrons. The van der Waals surface area contributed by atoms with E-state index in [1.54, 1.807) is 0 Å². The summed E-state index contributed by atoms with van der Waals surface area (Å²) in [7, 11) is 2.10. The van der Waals surface area contributed by atoms with E-state index in [1.165, 1.54) is 5.56 Å². The Kier molecular flexibility index (Phi) is 4.24. The van der Waals surface area contributed by atoms with Crippen LogP contribution >= 0.6 is 0 Å². The van der Waals surface area contributed by atoms with Crippen molar-refractivity contribution in [1.29, 1.82) is 0 Å². The minimum Gasteiger partial charge on any atom is -0.420 e. The first-order chi connectivity index (χ1) is 13.2. The smallest absolute Gasteiger partial charge is 0.251 e. The number of pyridine rings is 1. The van der Waals surface area contributed by atoms with Crippen molar-refractivity contribution in [2.24, 2.45) is 0 Å². The summed E-state index contributed by atoms with van der Waals surface area (Å²) in [4.78, 5) is 4.75. The third kappa shape index (κ3) is 3.06. The van der Waals surface area contributed by atoms with E-state index in [2.05, 4.69) is 39.5 Å². The van der Waals surface area contributed by atoms with Crippen LogP contribution in [0.2, 0.25) is 0 Å². The van der Waals surface area contributed by atoms with E-state index in [4.69, 9.17) is 14.1 Å². The van der Waals surface area contributed by atoms with Gasteiger partial charge in [-0.25, -0.2) is 9.99 Å². The van der Waals surface area contributed by atoms with Crippen molar-refractivity contribution >= 4 is 11.5 Å². The monoisotopic (exact) mass is 370 g/mol. The van der Waals surface area contributed by atoms with Gasteiger partial charge in [-0.15, -0.1) is 10.2 Å². The Hall–Kier alpha value is -2.19. The van der Waals surface area contributed by atoms with Gasteiger partial charge in [-0.2, -0.15) is 0 Å². The molecular formula is C19H26N6O2. The number of aromatic nitrogens is 3. The highest BCUT2D eigenvalue weighted by atomic mass is 16.5. The summed E-state index contributed by atoms with van der Waals surface area (Å²) in [6, 6.07) is 0.385. The Morgan fingerprint density at radius 3 is 2.74 bits per heavy atom. The summed E-state index contributed by atoms with van der Waals surface area (Å²) in [5.74, 6) is 2.79. The van der Waals surface area contributed by atoms with Crippen LogP contribution in [0.15, 0.2) is 10.6 Å². The van der Waals surface area contributed by atoms with E-state index in [1.807, 2.05) is 6.20 Å². The topological polar surface area (TPSA) is 79.5 Å². The van der Waals surface area contributed by atoms with Crippen molar-refractivity contribution in [1.82, 2.24) is 20.2 Å². The largest absolute Gasteiger partial charge is 0.420 e. The lowest BCUT2D eigenvalue weighted by Crippen LogP contribution is -2.34. The molecule has 1 saturated carbocycles. The van der Waals surface area contributed by atoms with Gasteiger partial charge in [-0.05, 0) is 32.6 Å². The van der Waals surface area contributed by atoms with Crippen LogP contribution in [0.5, 0.6) is 0 Å². The zero-order valence-corrected chi connectivity index (χ0v) is 15.9. The van der Waals surface area contributed by atoms with E-state index >= 15 is 0 Å². The molecule has 8 nitrogen and oxygen atoms in total. The minimum absolute atomic E-state index is 0.385. The maximum absolute atomic E-state index is 6.01. The average molecular weight is 370 g/mol. The van der Waals surface area contributed by atoms with Crippen LogP contribution < -0.4 is 10.3 Å². The molecule has 0 spiro atoms. The lowest BCUT2D eigenvalue weighted by atomic mass is 10.0. The molecule has 0 atom stereocenters. The van der Waals surface area contributed by atoms with Gasteiger partial charge in [0.05, 0.1) is 11.3 Å². The van der Waals surface area contributed by atoms with Gasteiger partial charge < -0.3 is 14.5 Å². The molecule has 2 aromatic heterocycles. The molecule has 1 N–H and O–H groups in total. The third-order valence-corrected chi connectivity index (χ3v) is 5.67. The SMILES string of the molecule is CCN1c2ncc(-c3nnc(C4CC4)o3)c(NC3CCOCC3)c2CN1C. The van der Waals surface area contributed by atoms with E-state index in [-0.39, 0.29) is 0 Å². The highest BCUT2D eigenvalue weighted by molar-refractivity contribution is 5.80. The van der Waals surface area contributed by atoms with Crippen LogP contribution in [0.3, 0.4) is 0 Å². The second-order valence-electron chi connectivity index (χ2n) is 7.63. The summed E-state index contributed by atoms with van der Waals surface area (Å²) in [5, 5.41) is 16.8. The van der Waals surface area contributed by atoms with Crippen molar-refractivity contribution in [3.63, 3.8) is 0 Å². The normalized spacial score (nSPS) is 20.9. The molecule has 8 heteroatoms. The maximum atomic E-state index is 6.01. The number of nitrogens with one attached hydrogen (secondary N) is 1. The fourth-order valence-electron chi connectivity index (χ4n) is 3.99. The number of ether oxygens (including phenoxy) is 1. The molecule has 1 saturated heterocycles. The van der Waals surface area contributed by atoms with Crippen molar-refractivity contribution < 1.29 is 9.15 Å². The zero-order valence-electron chi connectivity index (χ0n) is 15.9. The number of anilines is 2. The Morgan fingerprint density at radius 1 is 1.19 bits per heavy atom. The molecule has 0 amide bonds. The van der Waals surface area contributed by atoms with Gasteiger partial charge >= 0.3 is 0 Å². The Balaban J connectivity index is 1.55. The van der Waals surface area contributed by atoms with Gasteiger partial charge in [-0.1, -0.05) is 0 Å². The summed E-state index contributed by atoms with van der Waals surface area (Å²) >= 11 is 0. The van der Waals surface area contributed by atoms with Crippen molar-refractivity contribution in [3.8, 4) is 11.5 Å². The second-order valence-corrected chi connectivity index (χ2v) is 7.63. The highest BCUT2D eigenvalue weighted by Gasteiger charge is 2.33. The van der Waals surface area contributed by atoms with Crippen LogP contribution in [-0.2, 0) is 11.3 Å². The Bertz CT molecular complexity index is 828. The van der Waals surface area contributed by atoms with E-state index < -0.39 is 0 Å². The standard InChI is InChI=1S/C19H26N6O2/c1-3-25-17-15(11-24(25)2)16(21-13-6-8-26-9-7-13)14(10-20-17)19-23-22-18(27-19)12-4-5-12/h10,12-13H,3-9,11H2,1-2H3,(H,20,21). The van der Waals surface area contributed by atoms with Crippen LogP contribution in [0.25, 0.3) is 11.5 Å². The number of nitrogens with zero attached hydrogens (tertiary/aromatic N) is 5. The molecule has 2 aromatic rings. The molecule has 0 radical (unpaired) electrons. The molecule has 4 heterocycles. The quantitative estimate of drug-likeness (QED) is 0.861. The van der Waals surface area contributed by atoms with Crippen molar-refractivity contribution in [2.45, 2.75) is 51.1 Å². The fraction of sp³-hybridized carbons (Fsp3) is 0.632. The third-order valence-electron chi connectivity index (χ3n) is 5.67. The first kappa shape index (κ1) is 16.9. The predicted molar refractivity (Wildman–Crippen MR) is 101 cm³/mol. The van der Waals surface area contributed by atoms with Crippen LogP contribution in [-0.4, -0.2) is 53.0 Å². The van der Waals surface area contributed by atoms with Gasteiger partial charge in [0.25, 0.3) is 5.89 Å². The Morgan fingerprint density at radius 2 is 2.00 bits per heavy atom. The first-order valence-electron chi connectivity index (χ1n) is 9.93. The van der Waals surface area contributed by atoms with E-state index in [0.29, 0.717) is 17.9 Å². The molecule has 0 bridgehead atoms. The number of hydrazine groups is 1. The molecule has 0 aromatic carbocycles. The summed E-state index contributed by atoms with van der Waals surface area (Å²) in [5.41, 5.74) is 3.20. The number of fused-ring (bicyclic) bond motifs is 1. The number of hydrogen-bond donors (Lipinski definition) is 1. The predicted octanol–water partition coefficient (Wildman–Crippen LogP) is 2.79. The minimum atomic E-state index is 0.385. The second kappa shape index (κ2) is 6.76. The summed E-state index contributed by atoms with van der Waals surface area (Å²) in [6.07, 6.45) is 6.18. The molecular weight excluding hydrogens is 344 g/mol. The lowest BCUT2D eigenvalue weighted by Gasteiger charge is -2.26. The van der Waals surface area contributed by atoms with Crippen LogP contribution in [0, 0.1) is 0 Å². The van der Waals surface area contributed by atoms with Gasteiger partial charge in [-0.3, -0.25) is 5.01 Å². The molecule has 27 heavy (non-hydrogen) atoms.